The summed E-state index contributed by atoms with van der Waals surface area (Å²) < 4.78 is 1.01. The summed E-state index contributed by atoms with van der Waals surface area (Å²) in [6.07, 6.45) is 0. The smallest absolute Gasteiger partial charge is 0.265 e. The number of carbonyl (C=O) groups excluding carboxylic acids is 1. The molecule has 5 heteroatoms. The first-order valence-electron chi connectivity index (χ1n) is 4.99. The van der Waals surface area contributed by atoms with Crippen LogP contribution in [0.2, 0.25) is 0 Å². The Bertz CT molecular complexity index is 546. The maximum atomic E-state index is 12.0. The summed E-state index contributed by atoms with van der Waals surface area (Å²) in [5, 5.41) is 2.88. The number of hydrogen-bond acceptors (Lipinski definition) is 3. The van der Waals surface area contributed by atoms with Crippen molar-refractivity contribution in [3.05, 3.63) is 43.7 Å². The number of nitrogen functional groups attached to an aromatic ring is 1. The van der Waals surface area contributed by atoms with Crippen molar-refractivity contribution >= 4 is 51.2 Å². The molecule has 0 saturated carbocycles. The van der Waals surface area contributed by atoms with Gasteiger partial charge in [-0.25, -0.2) is 0 Å². The number of para-hydroxylation sites is 1. The van der Waals surface area contributed by atoms with Crippen LogP contribution >= 0.6 is 33.9 Å². The SMILES string of the molecule is Cc1sc(C(=O)Nc2ccccc2I)cc1N. The topological polar surface area (TPSA) is 55.1 Å². The van der Waals surface area contributed by atoms with Gasteiger partial charge in [0.1, 0.15) is 0 Å². The van der Waals surface area contributed by atoms with E-state index in [0.717, 1.165) is 14.1 Å². The predicted molar refractivity (Wildman–Crippen MR) is 80.6 cm³/mol. The highest BCUT2D eigenvalue weighted by atomic mass is 127. The normalized spacial score (nSPS) is 10.2. The first kappa shape index (κ1) is 12.4. The van der Waals surface area contributed by atoms with E-state index in [1.54, 1.807) is 6.07 Å². The van der Waals surface area contributed by atoms with Gasteiger partial charge in [-0.05, 0) is 47.7 Å². The van der Waals surface area contributed by atoms with Crippen molar-refractivity contribution in [3.8, 4) is 0 Å². The molecule has 3 N–H and O–H groups in total. The van der Waals surface area contributed by atoms with Gasteiger partial charge in [0.25, 0.3) is 5.91 Å². The Morgan fingerprint density at radius 1 is 1.41 bits per heavy atom. The van der Waals surface area contributed by atoms with Crippen molar-refractivity contribution in [3.63, 3.8) is 0 Å². The average Bonchev–Trinajstić information content (AvgIpc) is 2.63. The number of carbonyl (C=O) groups is 1. The molecule has 0 aliphatic heterocycles. The number of benzene rings is 1. The molecule has 0 aliphatic carbocycles. The number of anilines is 2. The number of aryl methyl sites for hydroxylation is 1. The van der Waals surface area contributed by atoms with Crippen LogP contribution in [0, 0.1) is 10.5 Å². The van der Waals surface area contributed by atoms with E-state index in [-0.39, 0.29) is 5.91 Å². The second-order valence-corrected chi connectivity index (χ2v) is 5.97. The maximum Gasteiger partial charge on any atom is 0.265 e. The Morgan fingerprint density at radius 2 is 2.12 bits per heavy atom. The molecule has 0 aliphatic rings. The number of hydrogen-bond donors (Lipinski definition) is 2. The lowest BCUT2D eigenvalue weighted by Crippen LogP contribution is -2.11. The summed E-state index contributed by atoms with van der Waals surface area (Å²) >= 11 is 3.60. The third kappa shape index (κ3) is 2.78. The second-order valence-electron chi connectivity index (χ2n) is 3.56. The van der Waals surface area contributed by atoms with E-state index < -0.39 is 0 Å². The number of amides is 1. The number of nitrogens with one attached hydrogen (secondary N) is 1. The van der Waals surface area contributed by atoms with Crippen LogP contribution in [-0.4, -0.2) is 5.91 Å². The molecule has 0 unspecified atom stereocenters. The fourth-order valence-corrected chi connectivity index (χ4v) is 2.71. The summed E-state index contributed by atoms with van der Waals surface area (Å²) in [4.78, 5) is 13.6. The van der Waals surface area contributed by atoms with Crippen LogP contribution in [0.5, 0.6) is 0 Å². The van der Waals surface area contributed by atoms with E-state index in [9.17, 15) is 4.79 Å². The van der Waals surface area contributed by atoms with Crippen LogP contribution in [0.1, 0.15) is 14.5 Å². The molecule has 3 nitrogen and oxygen atoms in total. The molecule has 0 spiro atoms. The van der Waals surface area contributed by atoms with Gasteiger partial charge in [0.2, 0.25) is 0 Å². The molecule has 0 fully saturated rings. The average molecular weight is 358 g/mol. The molecule has 0 saturated heterocycles. The molecule has 1 aromatic heterocycles. The van der Waals surface area contributed by atoms with Crippen molar-refractivity contribution in [2.24, 2.45) is 0 Å². The largest absolute Gasteiger partial charge is 0.398 e. The van der Waals surface area contributed by atoms with Crippen molar-refractivity contribution in [2.75, 3.05) is 11.1 Å². The van der Waals surface area contributed by atoms with E-state index in [2.05, 4.69) is 27.9 Å². The molecule has 0 radical (unpaired) electrons. The van der Waals surface area contributed by atoms with Crippen LogP contribution in [0.25, 0.3) is 0 Å². The Balaban J connectivity index is 2.20. The molecule has 0 atom stereocenters. The lowest BCUT2D eigenvalue weighted by atomic mass is 10.3. The quantitative estimate of drug-likeness (QED) is 0.808. The van der Waals surface area contributed by atoms with E-state index in [0.29, 0.717) is 10.6 Å². The molecule has 1 amide bonds. The van der Waals surface area contributed by atoms with Gasteiger partial charge < -0.3 is 11.1 Å². The first-order valence-corrected chi connectivity index (χ1v) is 6.89. The minimum absolute atomic E-state index is 0.112. The standard InChI is InChI=1S/C12H11IN2OS/c1-7-9(14)6-11(17-7)12(16)15-10-5-3-2-4-8(10)13/h2-6H,14H2,1H3,(H,15,16). The zero-order chi connectivity index (χ0) is 12.4. The highest BCUT2D eigenvalue weighted by Crippen LogP contribution is 2.25. The summed E-state index contributed by atoms with van der Waals surface area (Å²) in [6.45, 7) is 1.91. The number of rotatable bonds is 2. The van der Waals surface area contributed by atoms with Gasteiger partial charge in [0.05, 0.1) is 10.6 Å². The summed E-state index contributed by atoms with van der Waals surface area (Å²) in [6, 6.07) is 9.37. The van der Waals surface area contributed by atoms with Gasteiger partial charge in [-0.3, -0.25) is 4.79 Å². The number of nitrogens with two attached hydrogens (primary N) is 1. The lowest BCUT2D eigenvalue weighted by Gasteiger charge is -2.05. The van der Waals surface area contributed by atoms with E-state index in [1.807, 2.05) is 31.2 Å². The fourth-order valence-electron chi connectivity index (χ4n) is 1.35. The van der Waals surface area contributed by atoms with Crippen molar-refractivity contribution < 1.29 is 4.79 Å². The van der Waals surface area contributed by atoms with Gasteiger partial charge >= 0.3 is 0 Å². The third-order valence-corrected chi connectivity index (χ3v) is 4.31. The summed E-state index contributed by atoms with van der Waals surface area (Å²) in [7, 11) is 0. The Kier molecular flexibility index (Phi) is 3.68. The Morgan fingerprint density at radius 3 is 2.71 bits per heavy atom. The molecule has 88 valence electrons. The van der Waals surface area contributed by atoms with Gasteiger partial charge in [0.15, 0.2) is 0 Å². The molecule has 1 heterocycles. The predicted octanol–water partition coefficient (Wildman–Crippen LogP) is 3.50. The third-order valence-electron chi connectivity index (χ3n) is 2.30. The molecule has 0 bridgehead atoms. The van der Waals surface area contributed by atoms with Crippen LogP contribution in [0.15, 0.2) is 30.3 Å². The first-order chi connectivity index (χ1) is 8.08. The molecular weight excluding hydrogens is 347 g/mol. The summed E-state index contributed by atoms with van der Waals surface area (Å²) in [5.41, 5.74) is 7.22. The van der Waals surface area contributed by atoms with Crippen molar-refractivity contribution in [1.82, 2.24) is 0 Å². The molecule has 2 rings (SSSR count). The molecule has 1 aromatic carbocycles. The second kappa shape index (κ2) is 5.05. The fraction of sp³-hybridized carbons (Fsp3) is 0.0833. The maximum absolute atomic E-state index is 12.0. The van der Waals surface area contributed by atoms with Crippen molar-refractivity contribution in [1.29, 1.82) is 0 Å². The van der Waals surface area contributed by atoms with Gasteiger partial charge in [-0.1, -0.05) is 12.1 Å². The van der Waals surface area contributed by atoms with Gasteiger partial charge in [-0.15, -0.1) is 11.3 Å². The van der Waals surface area contributed by atoms with Gasteiger partial charge in [0, 0.05) is 14.1 Å². The molecular formula is C12H11IN2OS. The van der Waals surface area contributed by atoms with E-state index in [4.69, 9.17) is 5.73 Å². The highest BCUT2D eigenvalue weighted by molar-refractivity contribution is 14.1. The van der Waals surface area contributed by atoms with E-state index >= 15 is 0 Å². The molecule has 17 heavy (non-hydrogen) atoms. The van der Waals surface area contributed by atoms with Crippen LogP contribution in [0.4, 0.5) is 11.4 Å². The van der Waals surface area contributed by atoms with E-state index in [1.165, 1.54) is 11.3 Å². The summed E-state index contributed by atoms with van der Waals surface area (Å²) in [5.74, 6) is -0.112. The highest BCUT2D eigenvalue weighted by Gasteiger charge is 2.11. The van der Waals surface area contributed by atoms with Crippen LogP contribution in [0.3, 0.4) is 0 Å². The number of halogens is 1. The zero-order valence-corrected chi connectivity index (χ0v) is 12.1. The van der Waals surface area contributed by atoms with Crippen LogP contribution in [-0.2, 0) is 0 Å². The minimum Gasteiger partial charge on any atom is -0.398 e. The molecule has 2 aromatic rings. The van der Waals surface area contributed by atoms with Crippen molar-refractivity contribution in [2.45, 2.75) is 6.92 Å². The monoisotopic (exact) mass is 358 g/mol. The minimum atomic E-state index is -0.112. The van der Waals surface area contributed by atoms with Crippen LogP contribution < -0.4 is 11.1 Å². The Labute approximate surface area is 117 Å². The number of thiophene rings is 1. The zero-order valence-electron chi connectivity index (χ0n) is 9.16. The van der Waals surface area contributed by atoms with Gasteiger partial charge in [-0.2, -0.15) is 0 Å². The Hall–Kier alpha value is -1.08. The lowest BCUT2D eigenvalue weighted by molar-refractivity contribution is 0.103.